The summed E-state index contributed by atoms with van der Waals surface area (Å²) in [6.07, 6.45) is 4.22. The normalized spacial score (nSPS) is 16.5. The Morgan fingerprint density at radius 1 is 1.52 bits per heavy atom. The minimum Gasteiger partial charge on any atom is -0.312 e. The van der Waals surface area contributed by atoms with Crippen molar-refractivity contribution >= 4 is 33.8 Å². The molecular formula is C18H17ClN2OS. The van der Waals surface area contributed by atoms with E-state index in [4.69, 9.17) is 11.6 Å². The molecule has 1 aliphatic carbocycles. The lowest BCUT2D eigenvalue weighted by Gasteiger charge is -2.20. The average Bonchev–Trinajstić information content (AvgIpc) is 2.90. The van der Waals surface area contributed by atoms with Crippen LogP contribution in [0.1, 0.15) is 46.1 Å². The monoisotopic (exact) mass is 344 g/mol. The summed E-state index contributed by atoms with van der Waals surface area (Å²) < 4.78 is 0. The molecule has 0 saturated heterocycles. The highest BCUT2D eigenvalue weighted by molar-refractivity contribution is 7.16. The average molecular weight is 345 g/mol. The van der Waals surface area contributed by atoms with Crippen LogP contribution >= 0.6 is 22.9 Å². The Labute approximate surface area is 144 Å². The van der Waals surface area contributed by atoms with E-state index in [-0.39, 0.29) is 5.91 Å². The van der Waals surface area contributed by atoms with Crippen molar-refractivity contribution in [1.29, 1.82) is 5.26 Å². The van der Waals surface area contributed by atoms with E-state index in [0.717, 1.165) is 31.2 Å². The third-order valence-corrected chi connectivity index (χ3v) is 5.78. The second-order valence-electron chi connectivity index (χ2n) is 5.80. The summed E-state index contributed by atoms with van der Waals surface area (Å²) in [6, 6.07) is 9.09. The number of nitriles is 1. The molecule has 0 bridgehead atoms. The van der Waals surface area contributed by atoms with Crippen molar-refractivity contribution in [3.05, 3.63) is 50.9 Å². The van der Waals surface area contributed by atoms with Crippen LogP contribution in [-0.4, -0.2) is 5.91 Å². The Bertz CT molecular complexity index is 791. The van der Waals surface area contributed by atoms with Gasteiger partial charge in [0.15, 0.2) is 0 Å². The molecule has 0 fully saturated rings. The third kappa shape index (κ3) is 3.26. The molecule has 1 atom stereocenters. The molecule has 0 saturated carbocycles. The number of rotatable bonds is 3. The van der Waals surface area contributed by atoms with Crippen LogP contribution < -0.4 is 5.32 Å². The molecule has 0 radical (unpaired) electrons. The highest BCUT2D eigenvalue weighted by Gasteiger charge is 2.25. The maximum absolute atomic E-state index is 12.4. The second kappa shape index (κ2) is 6.74. The molecule has 1 N–H and O–H groups in total. The van der Waals surface area contributed by atoms with Gasteiger partial charge >= 0.3 is 0 Å². The molecule has 0 spiro atoms. The fourth-order valence-electron chi connectivity index (χ4n) is 3.01. The van der Waals surface area contributed by atoms with Gasteiger partial charge in [0.05, 0.1) is 5.56 Å². The van der Waals surface area contributed by atoms with Gasteiger partial charge < -0.3 is 5.32 Å². The Hall–Kier alpha value is -1.83. The van der Waals surface area contributed by atoms with Crippen LogP contribution in [0.3, 0.4) is 0 Å². The number of hydrogen-bond acceptors (Lipinski definition) is 3. The number of nitrogens with zero attached hydrogens (tertiary/aromatic N) is 1. The molecule has 1 aliphatic rings. The quantitative estimate of drug-likeness (QED) is 0.847. The topological polar surface area (TPSA) is 52.9 Å². The summed E-state index contributed by atoms with van der Waals surface area (Å²) in [5.41, 5.74) is 2.26. The van der Waals surface area contributed by atoms with Gasteiger partial charge in [-0.3, -0.25) is 4.79 Å². The van der Waals surface area contributed by atoms with Crippen molar-refractivity contribution in [1.82, 2.24) is 0 Å². The van der Waals surface area contributed by atoms with Crippen LogP contribution in [0.25, 0.3) is 0 Å². The number of hydrogen-bond donors (Lipinski definition) is 1. The fourth-order valence-corrected chi connectivity index (χ4v) is 4.51. The first-order chi connectivity index (χ1) is 11.1. The first-order valence-corrected chi connectivity index (χ1v) is 8.93. The highest BCUT2D eigenvalue weighted by Crippen LogP contribution is 2.40. The molecule has 5 heteroatoms. The lowest BCUT2D eigenvalue weighted by atomic mass is 9.86. The zero-order chi connectivity index (χ0) is 16.4. The number of amides is 1. The second-order valence-corrected chi connectivity index (χ2v) is 7.34. The SMILES string of the molecule is CCC1CCc2c(sc(NC(=O)c3cccc(Cl)c3)c2C#N)C1. The molecule has 23 heavy (non-hydrogen) atoms. The van der Waals surface area contributed by atoms with Gasteiger partial charge in [0.2, 0.25) is 0 Å². The van der Waals surface area contributed by atoms with E-state index >= 15 is 0 Å². The summed E-state index contributed by atoms with van der Waals surface area (Å²) >= 11 is 7.48. The predicted octanol–water partition coefficient (Wildman–Crippen LogP) is 5.04. The highest BCUT2D eigenvalue weighted by atomic mass is 35.5. The van der Waals surface area contributed by atoms with Gasteiger partial charge in [0.25, 0.3) is 5.91 Å². The first-order valence-electron chi connectivity index (χ1n) is 7.74. The molecule has 0 aliphatic heterocycles. The van der Waals surface area contributed by atoms with Crippen LogP contribution in [0.5, 0.6) is 0 Å². The lowest BCUT2D eigenvalue weighted by Crippen LogP contribution is -2.12. The van der Waals surface area contributed by atoms with Crippen LogP contribution in [0.4, 0.5) is 5.00 Å². The standard InChI is InChI=1S/C18H17ClN2OS/c1-2-11-6-7-14-15(10-20)18(23-16(14)8-11)21-17(22)12-4-3-5-13(19)9-12/h3-5,9,11H,2,6-8H2,1H3,(H,21,22). The van der Waals surface area contributed by atoms with Crippen LogP contribution in [0.15, 0.2) is 24.3 Å². The van der Waals surface area contributed by atoms with Gasteiger partial charge in [-0.05, 0) is 48.9 Å². The number of nitrogens with one attached hydrogen (secondary N) is 1. The molecule has 1 unspecified atom stereocenters. The Morgan fingerprint density at radius 3 is 3.04 bits per heavy atom. The van der Waals surface area contributed by atoms with E-state index in [1.807, 2.05) is 0 Å². The number of thiophene rings is 1. The number of fused-ring (bicyclic) bond motifs is 1. The molecule has 3 nitrogen and oxygen atoms in total. The number of carbonyl (C=O) groups is 1. The van der Waals surface area contributed by atoms with Crippen LogP contribution in [0, 0.1) is 17.2 Å². The predicted molar refractivity (Wildman–Crippen MR) is 94.2 cm³/mol. The van der Waals surface area contributed by atoms with Crippen molar-refractivity contribution < 1.29 is 4.79 Å². The number of carbonyl (C=O) groups excluding carboxylic acids is 1. The van der Waals surface area contributed by atoms with Gasteiger partial charge in [-0.1, -0.05) is 31.0 Å². The third-order valence-electron chi connectivity index (χ3n) is 4.37. The molecule has 2 aromatic rings. The molecule has 118 valence electrons. The first kappa shape index (κ1) is 16.0. The van der Waals surface area contributed by atoms with Crippen molar-refractivity contribution in [3.8, 4) is 6.07 Å². The lowest BCUT2D eigenvalue weighted by molar-refractivity contribution is 0.102. The summed E-state index contributed by atoms with van der Waals surface area (Å²) in [4.78, 5) is 13.6. The maximum atomic E-state index is 12.4. The van der Waals surface area contributed by atoms with Crippen molar-refractivity contribution in [2.75, 3.05) is 5.32 Å². The molecule has 3 rings (SSSR count). The smallest absolute Gasteiger partial charge is 0.256 e. The van der Waals surface area contributed by atoms with Crippen LogP contribution in [0.2, 0.25) is 5.02 Å². The fraction of sp³-hybridized carbons (Fsp3) is 0.333. The number of anilines is 1. The Kier molecular flexibility index (Phi) is 4.70. The van der Waals surface area contributed by atoms with Gasteiger partial charge in [-0.2, -0.15) is 5.26 Å². The number of benzene rings is 1. The van der Waals surface area contributed by atoms with Crippen LogP contribution in [-0.2, 0) is 12.8 Å². The molecular weight excluding hydrogens is 328 g/mol. The summed E-state index contributed by atoms with van der Waals surface area (Å²) in [7, 11) is 0. The minimum atomic E-state index is -0.227. The minimum absolute atomic E-state index is 0.227. The Morgan fingerprint density at radius 2 is 2.35 bits per heavy atom. The molecule has 1 aromatic heterocycles. The van der Waals surface area contributed by atoms with E-state index < -0.39 is 0 Å². The molecule has 1 heterocycles. The maximum Gasteiger partial charge on any atom is 0.256 e. The summed E-state index contributed by atoms with van der Waals surface area (Å²) in [5.74, 6) is 0.457. The van der Waals surface area contributed by atoms with E-state index in [1.165, 1.54) is 4.88 Å². The van der Waals surface area contributed by atoms with E-state index in [9.17, 15) is 10.1 Å². The summed E-state index contributed by atoms with van der Waals surface area (Å²) in [5, 5.41) is 13.6. The van der Waals surface area contributed by atoms with Crippen molar-refractivity contribution in [3.63, 3.8) is 0 Å². The Balaban J connectivity index is 1.88. The zero-order valence-electron chi connectivity index (χ0n) is 12.9. The largest absolute Gasteiger partial charge is 0.312 e. The molecule has 1 amide bonds. The van der Waals surface area contributed by atoms with Gasteiger partial charge in [0, 0.05) is 15.5 Å². The van der Waals surface area contributed by atoms with E-state index in [2.05, 4.69) is 18.3 Å². The van der Waals surface area contributed by atoms with Crippen molar-refractivity contribution in [2.45, 2.75) is 32.6 Å². The zero-order valence-corrected chi connectivity index (χ0v) is 14.4. The summed E-state index contributed by atoms with van der Waals surface area (Å²) in [6.45, 7) is 2.20. The van der Waals surface area contributed by atoms with Gasteiger partial charge in [-0.25, -0.2) is 0 Å². The van der Waals surface area contributed by atoms with Gasteiger partial charge in [-0.15, -0.1) is 11.3 Å². The molecule has 1 aromatic carbocycles. The van der Waals surface area contributed by atoms with E-state index in [0.29, 0.717) is 27.1 Å². The van der Waals surface area contributed by atoms with Gasteiger partial charge in [0.1, 0.15) is 11.1 Å². The van der Waals surface area contributed by atoms with E-state index in [1.54, 1.807) is 35.6 Å². The number of halogens is 1. The van der Waals surface area contributed by atoms with Crippen molar-refractivity contribution in [2.24, 2.45) is 5.92 Å².